The van der Waals surface area contributed by atoms with Crippen molar-refractivity contribution in [2.24, 2.45) is 0 Å². The average Bonchev–Trinajstić information content (AvgIpc) is 2.85. The molecule has 0 atom stereocenters. The average molecular weight is 229 g/mol. The Hall–Kier alpha value is -2.56. The Labute approximate surface area is 95.5 Å². The summed E-state index contributed by atoms with van der Waals surface area (Å²) >= 11 is 0. The van der Waals surface area contributed by atoms with E-state index in [0.717, 1.165) is 4.90 Å². The van der Waals surface area contributed by atoms with E-state index >= 15 is 0 Å². The van der Waals surface area contributed by atoms with Crippen LogP contribution in [-0.4, -0.2) is 16.9 Å². The van der Waals surface area contributed by atoms with Crippen LogP contribution in [0.5, 0.6) is 5.75 Å². The Morgan fingerprint density at radius 1 is 1.12 bits per heavy atom. The first-order valence-corrected chi connectivity index (χ1v) is 4.93. The third-order valence-electron chi connectivity index (χ3n) is 2.57. The van der Waals surface area contributed by atoms with Gasteiger partial charge in [0.1, 0.15) is 5.75 Å². The van der Waals surface area contributed by atoms with Gasteiger partial charge < -0.3 is 9.52 Å². The van der Waals surface area contributed by atoms with Gasteiger partial charge in [0.2, 0.25) is 0 Å². The van der Waals surface area contributed by atoms with Crippen molar-refractivity contribution in [3.05, 3.63) is 36.6 Å². The maximum absolute atomic E-state index is 11.6. The highest BCUT2D eigenvalue weighted by atomic mass is 16.3. The van der Waals surface area contributed by atoms with E-state index in [1.54, 1.807) is 6.07 Å². The van der Waals surface area contributed by atoms with Crippen LogP contribution >= 0.6 is 0 Å². The molecule has 0 fully saturated rings. The molecular formula is C12H7NO4. The molecule has 84 valence electrons. The summed E-state index contributed by atoms with van der Waals surface area (Å²) in [6.45, 7) is 0. The first-order chi connectivity index (χ1) is 8.16. The van der Waals surface area contributed by atoms with Crippen LogP contribution in [0.2, 0.25) is 0 Å². The number of furan rings is 1. The number of fused-ring (bicyclic) bond motifs is 1. The number of phenols is 1. The minimum absolute atomic E-state index is 0.0265. The fourth-order valence-corrected chi connectivity index (χ4v) is 1.85. The standard InChI is InChI=1S/C12H7NO4/c14-8-5-7-3-4-17-12(7)9(6-8)13-10(15)1-2-11(13)16/h1-6,14H. The van der Waals surface area contributed by atoms with E-state index in [0.29, 0.717) is 11.0 Å². The van der Waals surface area contributed by atoms with Crippen LogP contribution < -0.4 is 4.90 Å². The van der Waals surface area contributed by atoms with Gasteiger partial charge in [0, 0.05) is 23.6 Å². The van der Waals surface area contributed by atoms with Gasteiger partial charge in [-0.3, -0.25) is 9.59 Å². The molecule has 5 heteroatoms. The smallest absolute Gasteiger partial charge is 0.258 e. The molecule has 2 amide bonds. The Kier molecular flexibility index (Phi) is 1.82. The van der Waals surface area contributed by atoms with Crippen LogP contribution in [0.15, 0.2) is 41.0 Å². The molecule has 5 nitrogen and oxygen atoms in total. The van der Waals surface area contributed by atoms with Crippen LogP contribution in [0.3, 0.4) is 0 Å². The number of hydrogen-bond acceptors (Lipinski definition) is 4. The van der Waals surface area contributed by atoms with Gasteiger partial charge in [-0.2, -0.15) is 0 Å². The Morgan fingerprint density at radius 3 is 2.53 bits per heavy atom. The number of phenolic OH excluding ortho intramolecular Hbond substituents is 1. The van der Waals surface area contributed by atoms with E-state index < -0.39 is 11.8 Å². The molecule has 0 saturated heterocycles. The first-order valence-electron chi connectivity index (χ1n) is 4.93. The number of rotatable bonds is 1. The summed E-state index contributed by atoms with van der Waals surface area (Å²) in [5.74, 6) is -0.919. The van der Waals surface area contributed by atoms with E-state index in [9.17, 15) is 14.7 Å². The van der Waals surface area contributed by atoms with E-state index in [4.69, 9.17) is 4.42 Å². The second-order valence-electron chi connectivity index (χ2n) is 3.65. The SMILES string of the molecule is O=C1C=CC(=O)N1c1cc(O)cc2ccoc12. The monoisotopic (exact) mass is 229 g/mol. The molecule has 1 aliphatic rings. The van der Waals surface area contributed by atoms with Gasteiger partial charge in [-0.05, 0) is 12.1 Å². The number of hydrogen-bond donors (Lipinski definition) is 1. The molecule has 0 bridgehead atoms. The van der Waals surface area contributed by atoms with Gasteiger partial charge >= 0.3 is 0 Å². The Bertz CT molecular complexity index is 650. The first kappa shape index (κ1) is 9.65. The van der Waals surface area contributed by atoms with Crippen LogP contribution in [0, 0.1) is 0 Å². The highest BCUT2D eigenvalue weighted by Gasteiger charge is 2.28. The molecule has 17 heavy (non-hydrogen) atoms. The van der Waals surface area contributed by atoms with Crippen molar-refractivity contribution in [2.45, 2.75) is 0 Å². The van der Waals surface area contributed by atoms with Gasteiger partial charge in [-0.25, -0.2) is 4.90 Å². The lowest BCUT2D eigenvalue weighted by Gasteiger charge is -2.14. The van der Waals surface area contributed by atoms with E-state index in [1.807, 2.05) is 0 Å². The van der Waals surface area contributed by atoms with Gasteiger partial charge in [0.05, 0.1) is 12.0 Å². The minimum atomic E-state index is -0.446. The Morgan fingerprint density at radius 2 is 1.82 bits per heavy atom. The predicted octanol–water partition coefficient (Wildman–Crippen LogP) is 1.57. The molecule has 0 unspecified atom stereocenters. The third-order valence-corrected chi connectivity index (χ3v) is 2.57. The fourth-order valence-electron chi connectivity index (χ4n) is 1.85. The van der Waals surface area contributed by atoms with Crippen LogP contribution in [0.4, 0.5) is 5.69 Å². The fraction of sp³-hybridized carbons (Fsp3) is 0. The largest absolute Gasteiger partial charge is 0.508 e. The van der Waals surface area contributed by atoms with Crippen LogP contribution in [0.25, 0.3) is 11.0 Å². The number of anilines is 1. The second kappa shape index (κ2) is 3.21. The summed E-state index contributed by atoms with van der Waals surface area (Å²) in [6.07, 6.45) is 3.80. The number of amides is 2. The summed E-state index contributed by atoms with van der Waals surface area (Å²) in [4.78, 5) is 24.1. The summed E-state index contributed by atoms with van der Waals surface area (Å²) in [5.41, 5.74) is 0.651. The third kappa shape index (κ3) is 1.32. The maximum Gasteiger partial charge on any atom is 0.258 e. The summed E-state index contributed by atoms with van der Waals surface area (Å²) in [6, 6.07) is 4.48. The van der Waals surface area contributed by atoms with Crippen molar-refractivity contribution >= 4 is 28.5 Å². The number of benzene rings is 1. The van der Waals surface area contributed by atoms with E-state index in [1.165, 1.54) is 30.5 Å². The molecule has 0 radical (unpaired) electrons. The number of aromatic hydroxyl groups is 1. The highest BCUT2D eigenvalue weighted by Crippen LogP contribution is 2.33. The van der Waals surface area contributed by atoms with Crippen molar-refractivity contribution < 1.29 is 19.1 Å². The van der Waals surface area contributed by atoms with Gasteiger partial charge in [-0.15, -0.1) is 0 Å². The lowest BCUT2D eigenvalue weighted by molar-refractivity contribution is -0.119. The second-order valence-corrected chi connectivity index (χ2v) is 3.65. The topological polar surface area (TPSA) is 70.8 Å². The normalized spacial score (nSPS) is 15.2. The number of carbonyl (C=O) groups is 2. The predicted molar refractivity (Wildman–Crippen MR) is 59.5 cm³/mol. The molecular weight excluding hydrogens is 222 g/mol. The summed E-state index contributed by atoms with van der Waals surface area (Å²) < 4.78 is 5.23. The molecule has 3 rings (SSSR count). The number of carbonyl (C=O) groups excluding carboxylic acids is 2. The van der Waals surface area contributed by atoms with Crippen LogP contribution in [-0.2, 0) is 9.59 Å². The number of nitrogens with zero attached hydrogens (tertiary/aromatic N) is 1. The van der Waals surface area contributed by atoms with Crippen molar-refractivity contribution in [3.63, 3.8) is 0 Å². The molecule has 0 saturated carbocycles. The van der Waals surface area contributed by atoms with Gasteiger partial charge in [-0.1, -0.05) is 0 Å². The van der Waals surface area contributed by atoms with Crippen molar-refractivity contribution in [3.8, 4) is 5.75 Å². The van der Waals surface area contributed by atoms with E-state index in [-0.39, 0.29) is 11.4 Å². The maximum atomic E-state index is 11.6. The zero-order valence-corrected chi connectivity index (χ0v) is 8.58. The van der Waals surface area contributed by atoms with E-state index in [2.05, 4.69) is 0 Å². The molecule has 2 heterocycles. The van der Waals surface area contributed by atoms with Crippen molar-refractivity contribution in [1.82, 2.24) is 0 Å². The lowest BCUT2D eigenvalue weighted by Crippen LogP contribution is -2.29. The molecule has 2 aromatic rings. The molecule has 1 N–H and O–H groups in total. The Balaban J connectivity index is 2.26. The minimum Gasteiger partial charge on any atom is -0.508 e. The zero-order valence-electron chi connectivity index (χ0n) is 8.58. The van der Waals surface area contributed by atoms with Crippen LogP contribution in [0.1, 0.15) is 0 Å². The molecule has 1 aliphatic heterocycles. The number of imide groups is 1. The molecule has 0 spiro atoms. The molecule has 1 aromatic heterocycles. The van der Waals surface area contributed by atoms with Crippen molar-refractivity contribution in [1.29, 1.82) is 0 Å². The quantitative estimate of drug-likeness (QED) is 0.753. The molecule has 0 aliphatic carbocycles. The summed E-state index contributed by atoms with van der Waals surface area (Å²) in [7, 11) is 0. The van der Waals surface area contributed by atoms with Gasteiger partial charge in [0.15, 0.2) is 5.58 Å². The highest BCUT2D eigenvalue weighted by molar-refractivity contribution is 6.29. The zero-order chi connectivity index (χ0) is 12.0. The lowest BCUT2D eigenvalue weighted by atomic mass is 10.2. The molecule has 1 aromatic carbocycles. The van der Waals surface area contributed by atoms with Crippen molar-refractivity contribution in [2.75, 3.05) is 4.90 Å². The summed E-state index contributed by atoms with van der Waals surface area (Å²) in [5, 5.41) is 10.2. The van der Waals surface area contributed by atoms with Gasteiger partial charge in [0.25, 0.3) is 11.8 Å².